The highest BCUT2D eigenvalue weighted by Crippen LogP contribution is 2.38. The average molecular weight is 368 g/mol. The van der Waals surface area contributed by atoms with Crippen molar-refractivity contribution in [3.63, 3.8) is 0 Å². The number of ether oxygens (including phenoxy) is 1. The molecule has 3 rings (SSSR count). The van der Waals surface area contributed by atoms with Crippen molar-refractivity contribution in [1.29, 1.82) is 0 Å². The number of furan rings is 1. The lowest BCUT2D eigenvalue weighted by Gasteiger charge is -2.36. The number of nitrogens with two attached hydrogens (primary N) is 1. The number of aryl methyl sites for hydroxylation is 1. The topological polar surface area (TPSA) is 51.6 Å². The second-order valence-electron chi connectivity index (χ2n) is 6.65. The number of hydrogen-bond acceptors (Lipinski definition) is 4. The summed E-state index contributed by atoms with van der Waals surface area (Å²) in [4.78, 5) is 1.95. The Morgan fingerprint density at radius 1 is 1.19 bits per heavy atom. The smallest absolute Gasteiger partial charge is 0.391 e. The summed E-state index contributed by atoms with van der Waals surface area (Å²) >= 11 is 0. The molecule has 0 amide bonds. The minimum Gasteiger partial charge on any atom is -0.497 e. The van der Waals surface area contributed by atoms with Gasteiger partial charge in [-0.3, -0.25) is 0 Å². The van der Waals surface area contributed by atoms with Gasteiger partial charge in [0.2, 0.25) is 0 Å². The summed E-state index contributed by atoms with van der Waals surface area (Å²) in [7, 11) is 1.56. The highest BCUT2D eigenvalue weighted by Gasteiger charge is 2.41. The van der Waals surface area contributed by atoms with Gasteiger partial charge in [0.15, 0.2) is 0 Å². The van der Waals surface area contributed by atoms with Crippen LogP contribution in [0.4, 0.5) is 18.9 Å². The van der Waals surface area contributed by atoms with Gasteiger partial charge in [-0.15, -0.1) is 0 Å². The van der Waals surface area contributed by atoms with Crippen molar-refractivity contribution in [2.24, 2.45) is 11.7 Å². The Balaban J connectivity index is 1.88. The molecule has 1 aromatic heterocycles. The van der Waals surface area contributed by atoms with Gasteiger partial charge in [-0.05, 0) is 38.0 Å². The van der Waals surface area contributed by atoms with Crippen molar-refractivity contribution < 1.29 is 22.3 Å². The van der Waals surface area contributed by atoms with Crippen molar-refractivity contribution in [1.82, 2.24) is 0 Å². The van der Waals surface area contributed by atoms with Gasteiger partial charge in [0.1, 0.15) is 17.3 Å². The molecule has 1 atom stereocenters. The molecule has 2 heterocycles. The van der Waals surface area contributed by atoms with Crippen LogP contribution in [-0.2, 0) is 0 Å². The molecule has 0 bridgehead atoms. The number of piperidine rings is 1. The summed E-state index contributed by atoms with van der Waals surface area (Å²) in [5, 5.41) is 0. The van der Waals surface area contributed by atoms with E-state index < -0.39 is 18.1 Å². The van der Waals surface area contributed by atoms with E-state index in [1.165, 1.54) is 0 Å². The second-order valence-corrected chi connectivity index (χ2v) is 6.65. The summed E-state index contributed by atoms with van der Waals surface area (Å²) in [6.45, 7) is 2.50. The van der Waals surface area contributed by atoms with Crippen LogP contribution in [0.25, 0.3) is 0 Å². The van der Waals surface area contributed by atoms with Crippen LogP contribution in [0.2, 0.25) is 0 Å². The molecule has 7 heteroatoms. The summed E-state index contributed by atoms with van der Waals surface area (Å²) in [5.74, 6) is 0.786. The third kappa shape index (κ3) is 3.82. The zero-order valence-corrected chi connectivity index (χ0v) is 14.8. The maximum Gasteiger partial charge on any atom is 0.391 e. The number of alkyl halides is 3. The van der Waals surface area contributed by atoms with Crippen LogP contribution in [0.3, 0.4) is 0 Å². The third-order valence-electron chi connectivity index (χ3n) is 4.94. The van der Waals surface area contributed by atoms with Crippen LogP contribution in [0, 0.1) is 12.8 Å². The van der Waals surface area contributed by atoms with Crippen molar-refractivity contribution in [2.45, 2.75) is 32.0 Å². The van der Waals surface area contributed by atoms with Crippen LogP contribution in [-0.4, -0.2) is 26.4 Å². The normalized spacial score (nSPS) is 17.4. The maximum atomic E-state index is 12.9. The Bertz CT molecular complexity index is 749. The first-order valence-corrected chi connectivity index (χ1v) is 8.61. The van der Waals surface area contributed by atoms with E-state index in [0.29, 0.717) is 24.6 Å². The van der Waals surface area contributed by atoms with Gasteiger partial charge in [0.25, 0.3) is 0 Å². The Labute approximate surface area is 150 Å². The van der Waals surface area contributed by atoms with E-state index in [-0.39, 0.29) is 12.8 Å². The Kier molecular flexibility index (Phi) is 5.18. The van der Waals surface area contributed by atoms with Gasteiger partial charge in [0.05, 0.1) is 19.1 Å². The Hall–Kier alpha value is -2.15. The molecule has 0 saturated carbocycles. The van der Waals surface area contributed by atoms with Gasteiger partial charge in [-0.2, -0.15) is 13.2 Å². The molecule has 0 aliphatic carbocycles. The molecule has 1 aromatic carbocycles. The zero-order valence-electron chi connectivity index (χ0n) is 14.8. The first-order valence-electron chi connectivity index (χ1n) is 8.61. The minimum atomic E-state index is -4.13. The number of nitrogens with zero attached hydrogens (tertiary/aromatic N) is 1. The number of benzene rings is 1. The molecule has 4 nitrogen and oxygen atoms in total. The number of anilines is 1. The number of halogens is 3. The Morgan fingerprint density at radius 3 is 2.42 bits per heavy atom. The molecule has 26 heavy (non-hydrogen) atoms. The largest absolute Gasteiger partial charge is 0.497 e. The minimum absolute atomic E-state index is 0.0786. The van der Waals surface area contributed by atoms with E-state index in [1.807, 2.05) is 36.1 Å². The monoisotopic (exact) mass is 368 g/mol. The van der Waals surface area contributed by atoms with Gasteiger partial charge < -0.3 is 19.8 Å². The standard InChI is InChI=1S/C19H23F3N2O2/c1-12-3-6-17(26-12)18(23)15-5-4-14(25-2)11-16(15)24-9-7-13(8-10-24)19(20,21)22/h3-6,11,13,18H,7-10,23H2,1-2H3. The second kappa shape index (κ2) is 7.23. The van der Waals surface area contributed by atoms with E-state index >= 15 is 0 Å². The summed E-state index contributed by atoms with van der Waals surface area (Å²) in [6.07, 6.45) is -3.98. The first-order chi connectivity index (χ1) is 12.3. The SMILES string of the molecule is COc1ccc(C(N)c2ccc(C)o2)c(N2CCC(C(F)(F)F)CC2)c1. The van der Waals surface area contributed by atoms with E-state index in [0.717, 1.165) is 17.0 Å². The van der Waals surface area contributed by atoms with Crippen LogP contribution in [0.1, 0.15) is 36.0 Å². The lowest BCUT2D eigenvalue weighted by molar-refractivity contribution is -0.179. The fourth-order valence-corrected chi connectivity index (χ4v) is 3.41. The third-order valence-corrected chi connectivity index (χ3v) is 4.94. The molecule has 0 spiro atoms. The predicted molar refractivity (Wildman–Crippen MR) is 93.5 cm³/mol. The highest BCUT2D eigenvalue weighted by atomic mass is 19.4. The Morgan fingerprint density at radius 2 is 1.88 bits per heavy atom. The first kappa shape index (κ1) is 18.6. The van der Waals surface area contributed by atoms with Crippen LogP contribution in [0.15, 0.2) is 34.7 Å². The van der Waals surface area contributed by atoms with E-state index in [2.05, 4.69) is 0 Å². The molecule has 1 fully saturated rings. The van der Waals surface area contributed by atoms with Crippen LogP contribution >= 0.6 is 0 Å². The van der Waals surface area contributed by atoms with Gasteiger partial charge in [-0.1, -0.05) is 6.07 Å². The fraction of sp³-hybridized carbons (Fsp3) is 0.474. The zero-order chi connectivity index (χ0) is 18.9. The summed E-state index contributed by atoms with van der Waals surface area (Å²) in [5.41, 5.74) is 7.99. The number of rotatable bonds is 4. The molecular formula is C19H23F3N2O2. The van der Waals surface area contributed by atoms with Crippen LogP contribution in [0.5, 0.6) is 5.75 Å². The van der Waals surface area contributed by atoms with Crippen molar-refractivity contribution in [2.75, 3.05) is 25.1 Å². The number of methoxy groups -OCH3 is 1. The van der Waals surface area contributed by atoms with Crippen molar-refractivity contribution >= 4 is 5.69 Å². The van der Waals surface area contributed by atoms with E-state index in [1.54, 1.807) is 13.2 Å². The summed E-state index contributed by atoms with van der Waals surface area (Å²) < 4.78 is 49.8. The highest BCUT2D eigenvalue weighted by molar-refractivity contribution is 5.60. The fourth-order valence-electron chi connectivity index (χ4n) is 3.41. The average Bonchev–Trinajstić information content (AvgIpc) is 3.06. The lowest BCUT2D eigenvalue weighted by atomic mass is 9.94. The predicted octanol–water partition coefficient (Wildman–Crippen LogP) is 4.42. The maximum absolute atomic E-state index is 12.9. The molecule has 2 aromatic rings. The lowest BCUT2D eigenvalue weighted by Crippen LogP contribution is -2.39. The molecule has 1 saturated heterocycles. The molecule has 1 unspecified atom stereocenters. The van der Waals surface area contributed by atoms with E-state index in [9.17, 15) is 13.2 Å². The van der Waals surface area contributed by atoms with Crippen molar-refractivity contribution in [3.8, 4) is 5.75 Å². The van der Waals surface area contributed by atoms with Gasteiger partial charge in [-0.25, -0.2) is 0 Å². The number of hydrogen-bond donors (Lipinski definition) is 1. The summed E-state index contributed by atoms with van der Waals surface area (Å²) in [6, 6.07) is 8.66. The van der Waals surface area contributed by atoms with Gasteiger partial charge >= 0.3 is 6.18 Å². The molecule has 1 aliphatic heterocycles. The molecule has 142 valence electrons. The molecule has 2 N–H and O–H groups in total. The van der Waals surface area contributed by atoms with E-state index in [4.69, 9.17) is 14.9 Å². The molecule has 0 radical (unpaired) electrons. The van der Waals surface area contributed by atoms with Gasteiger partial charge in [0, 0.05) is 30.4 Å². The molecular weight excluding hydrogens is 345 g/mol. The van der Waals surface area contributed by atoms with Crippen LogP contribution < -0.4 is 15.4 Å². The quantitative estimate of drug-likeness (QED) is 0.868. The van der Waals surface area contributed by atoms with Crippen molar-refractivity contribution in [3.05, 3.63) is 47.4 Å². The molecule has 1 aliphatic rings.